The standard InChI is InChI=1S/C27H23ClFN3O4/c1-14-10-20(33)18(12-19(14)28)24-23-25(31-30-24)27(34)32(13-15-4-7-17(29)8-5-15)26(23)16-6-9-21(35-2)22(11-16)36-3/h4-12,26,33H,13H2,1-3H3,(H,30,31). The van der Waals surface area contributed by atoms with Gasteiger partial charge in [0.05, 0.1) is 20.3 Å². The summed E-state index contributed by atoms with van der Waals surface area (Å²) in [6.45, 7) is 2.02. The first kappa shape index (κ1) is 23.7. The van der Waals surface area contributed by atoms with Crippen LogP contribution in [0.15, 0.2) is 54.6 Å². The van der Waals surface area contributed by atoms with Crippen LogP contribution in [0.2, 0.25) is 5.02 Å². The van der Waals surface area contributed by atoms with Crippen molar-refractivity contribution in [2.75, 3.05) is 14.2 Å². The number of benzene rings is 3. The Morgan fingerprint density at radius 2 is 1.81 bits per heavy atom. The Labute approximate surface area is 212 Å². The van der Waals surface area contributed by atoms with Gasteiger partial charge in [-0.1, -0.05) is 29.8 Å². The predicted octanol–water partition coefficient (Wildman–Crippen LogP) is 5.65. The Morgan fingerprint density at radius 1 is 1.08 bits per heavy atom. The number of aromatic amines is 1. The van der Waals surface area contributed by atoms with Gasteiger partial charge in [0.1, 0.15) is 23.0 Å². The van der Waals surface area contributed by atoms with E-state index in [0.29, 0.717) is 39.0 Å². The van der Waals surface area contributed by atoms with Crippen molar-refractivity contribution in [3.05, 3.63) is 93.4 Å². The van der Waals surface area contributed by atoms with Crippen LogP contribution in [0.25, 0.3) is 11.3 Å². The minimum Gasteiger partial charge on any atom is -0.507 e. The van der Waals surface area contributed by atoms with Gasteiger partial charge in [0.15, 0.2) is 11.5 Å². The van der Waals surface area contributed by atoms with E-state index in [9.17, 15) is 14.3 Å². The highest BCUT2D eigenvalue weighted by Gasteiger charge is 2.43. The molecule has 1 unspecified atom stereocenters. The maximum absolute atomic E-state index is 13.6. The number of fused-ring (bicyclic) bond motifs is 1. The van der Waals surface area contributed by atoms with Gasteiger partial charge in [0, 0.05) is 22.7 Å². The molecule has 1 atom stereocenters. The molecule has 7 nitrogen and oxygen atoms in total. The van der Waals surface area contributed by atoms with Crippen LogP contribution in [0.1, 0.15) is 38.8 Å². The molecule has 184 valence electrons. The fourth-order valence-corrected chi connectivity index (χ4v) is 4.74. The van der Waals surface area contributed by atoms with Crippen molar-refractivity contribution in [2.45, 2.75) is 19.5 Å². The van der Waals surface area contributed by atoms with E-state index in [0.717, 1.165) is 16.7 Å². The molecule has 0 aliphatic carbocycles. The number of amides is 1. The number of aromatic nitrogens is 2. The number of nitrogens with zero attached hydrogens (tertiary/aromatic N) is 2. The van der Waals surface area contributed by atoms with Crippen LogP contribution in [0.5, 0.6) is 17.2 Å². The van der Waals surface area contributed by atoms with Gasteiger partial charge in [0.25, 0.3) is 5.91 Å². The van der Waals surface area contributed by atoms with Gasteiger partial charge in [-0.25, -0.2) is 4.39 Å². The SMILES string of the molecule is COc1ccc(C2c3c(-c4cc(Cl)c(C)cc4O)n[nH]c3C(=O)N2Cc2ccc(F)cc2)cc1OC. The lowest BCUT2D eigenvalue weighted by molar-refractivity contribution is 0.0730. The highest BCUT2D eigenvalue weighted by atomic mass is 35.5. The van der Waals surface area contributed by atoms with Gasteiger partial charge in [-0.3, -0.25) is 9.89 Å². The van der Waals surface area contributed by atoms with Crippen molar-refractivity contribution >= 4 is 17.5 Å². The number of hydrogen-bond donors (Lipinski definition) is 2. The molecule has 0 radical (unpaired) electrons. The van der Waals surface area contributed by atoms with Gasteiger partial charge in [-0.2, -0.15) is 5.10 Å². The first-order valence-electron chi connectivity index (χ1n) is 11.2. The number of hydrogen-bond acceptors (Lipinski definition) is 5. The number of methoxy groups -OCH3 is 2. The second kappa shape index (κ2) is 9.20. The van der Waals surface area contributed by atoms with E-state index in [1.807, 2.05) is 12.1 Å². The molecular weight excluding hydrogens is 485 g/mol. The van der Waals surface area contributed by atoms with Crippen molar-refractivity contribution in [1.29, 1.82) is 0 Å². The molecule has 9 heteroatoms. The van der Waals surface area contributed by atoms with Gasteiger partial charge < -0.3 is 19.5 Å². The number of ether oxygens (including phenoxy) is 2. The zero-order valence-corrected chi connectivity index (χ0v) is 20.6. The molecule has 0 spiro atoms. The van der Waals surface area contributed by atoms with Crippen molar-refractivity contribution in [1.82, 2.24) is 15.1 Å². The maximum Gasteiger partial charge on any atom is 0.273 e. The molecule has 1 aliphatic rings. The second-order valence-electron chi connectivity index (χ2n) is 8.56. The summed E-state index contributed by atoms with van der Waals surface area (Å²) in [5.41, 5.74) is 3.96. The van der Waals surface area contributed by atoms with Crippen molar-refractivity contribution < 1.29 is 23.8 Å². The zero-order chi connectivity index (χ0) is 25.6. The van der Waals surface area contributed by atoms with Crippen LogP contribution in [0.4, 0.5) is 4.39 Å². The van der Waals surface area contributed by atoms with Crippen LogP contribution >= 0.6 is 11.6 Å². The van der Waals surface area contributed by atoms with E-state index in [4.69, 9.17) is 21.1 Å². The maximum atomic E-state index is 13.6. The lowest BCUT2D eigenvalue weighted by atomic mass is 9.94. The van der Waals surface area contributed by atoms with E-state index < -0.39 is 6.04 Å². The quantitative estimate of drug-likeness (QED) is 0.352. The molecule has 0 saturated carbocycles. The van der Waals surface area contributed by atoms with Crippen LogP contribution < -0.4 is 9.47 Å². The van der Waals surface area contributed by atoms with E-state index in [-0.39, 0.29) is 24.0 Å². The average Bonchev–Trinajstić information content (AvgIpc) is 3.41. The fourth-order valence-electron chi connectivity index (χ4n) is 4.58. The Bertz CT molecular complexity index is 1470. The van der Waals surface area contributed by atoms with Gasteiger partial charge >= 0.3 is 0 Å². The summed E-state index contributed by atoms with van der Waals surface area (Å²) in [5, 5.41) is 18.5. The summed E-state index contributed by atoms with van der Waals surface area (Å²) in [6.07, 6.45) is 0. The summed E-state index contributed by atoms with van der Waals surface area (Å²) in [5.74, 6) is 0.425. The molecule has 1 aliphatic heterocycles. The number of H-pyrrole nitrogens is 1. The topological polar surface area (TPSA) is 87.7 Å². The molecule has 0 saturated heterocycles. The van der Waals surface area contributed by atoms with Crippen LogP contribution in [0.3, 0.4) is 0 Å². The largest absolute Gasteiger partial charge is 0.507 e. The summed E-state index contributed by atoms with van der Waals surface area (Å²) in [7, 11) is 3.09. The monoisotopic (exact) mass is 507 g/mol. The van der Waals surface area contributed by atoms with Gasteiger partial charge in [0.2, 0.25) is 0 Å². The molecule has 2 heterocycles. The second-order valence-corrected chi connectivity index (χ2v) is 8.96. The van der Waals surface area contributed by atoms with Crippen molar-refractivity contribution in [3.63, 3.8) is 0 Å². The minimum absolute atomic E-state index is 0.00157. The number of rotatable bonds is 6. The number of phenols is 1. The smallest absolute Gasteiger partial charge is 0.273 e. The molecule has 1 aromatic heterocycles. The molecule has 3 aromatic carbocycles. The van der Waals surface area contributed by atoms with E-state index in [2.05, 4.69) is 10.2 Å². The number of phenolic OH excluding ortho intramolecular Hbond substituents is 1. The molecule has 4 aromatic rings. The zero-order valence-electron chi connectivity index (χ0n) is 19.8. The Hall–Kier alpha value is -4.04. The number of carbonyl (C=O) groups excluding carboxylic acids is 1. The van der Waals surface area contributed by atoms with Gasteiger partial charge in [-0.05, 0) is 60.0 Å². The summed E-state index contributed by atoms with van der Waals surface area (Å²) in [4.78, 5) is 15.3. The summed E-state index contributed by atoms with van der Waals surface area (Å²) < 4.78 is 24.4. The average molecular weight is 508 g/mol. The normalized spacial score (nSPS) is 14.8. The number of aromatic hydroxyl groups is 1. The Balaban J connectivity index is 1.69. The van der Waals surface area contributed by atoms with E-state index >= 15 is 0 Å². The van der Waals surface area contributed by atoms with Crippen molar-refractivity contribution in [2.24, 2.45) is 0 Å². The van der Waals surface area contributed by atoms with Crippen LogP contribution in [-0.4, -0.2) is 40.3 Å². The number of halogens is 2. The molecule has 36 heavy (non-hydrogen) atoms. The number of carbonyl (C=O) groups is 1. The van der Waals surface area contributed by atoms with E-state index in [1.165, 1.54) is 12.1 Å². The molecule has 0 bridgehead atoms. The van der Waals surface area contributed by atoms with Crippen LogP contribution in [0, 0.1) is 12.7 Å². The fraction of sp³-hybridized carbons (Fsp3) is 0.185. The molecule has 2 N–H and O–H groups in total. The molecule has 0 fully saturated rings. The van der Waals surface area contributed by atoms with Crippen LogP contribution in [-0.2, 0) is 6.54 Å². The molecule has 1 amide bonds. The van der Waals surface area contributed by atoms with E-state index in [1.54, 1.807) is 56.4 Å². The Morgan fingerprint density at radius 3 is 2.50 bits per heavy atom. The predicted molar refractivity (Wildman–Crippen MR) is 133 cm³/mol. The molecular formula is C27H23ClFN3O4. The number of nitrogens with one attached hydrogen (secondary N) is 1. The molecule has 5 rings (SSSR count). The van der Waals surface area contributed by atoms with Crippen molar-refractivity contribution in [3.8, 4) is 28.5 Å². The first-order chi connectivity index (χ1) is 17.3. The third kappa shape index (κ3) is 3.93. The first-order valence-corrected chi connectivity index (χ1v) is 11.5. The third-order valence-corrected chi connectivity index (χ3v) is 6.79. The highest BCUT2D eigenvalue weighted by molar-refractivity contribution is 6.31. The minimum atomic E-state index is -0.578. The lowest BCUT2D eigenvalue weighted by Crippen LogP contribution is -2.29. The highest BCUT2D eigenvalue weighted by Crippen LogP contribution is 2.47. The van der Waals surface area contributed by atoms with Gasteiger partial charge in [-0.15, -0.1) is 0 Å². The lowest BCUT2D eigenvalue weighted by Gasteiger charge is -2.27. The third-order valence-electron chi connectivity index (χ3n) is 6.39. The summed E-state index contributed by atoms with van der Waals surface area (Å²) in [6, 6.07) is 14.1. The Kier molecular flexibility index (Phi) is 6.05. The summed E-state index contributed by atoms with van der Waals surface area (Å²) >= 11 is 6.37. The number of aryl methyl sites for hydroxylation is 1.